The molecule has 4 nitrogen and oxygen atoms in total. The second-order valence-electron chi connectivity index (χ2n) is 5.07. The van der Waals surface area contributed by atoms with Gasteiger partial charge in [0.2, 0.25) is 0 Å². The summed E-state index contributed by atoms with van der Waals surface area (Å²) in [6, 6.07) is 7.39. The van der Waals surface area contributed by atoms with Gasteiger partial charge in [0.15, 0.2) is 5.96 Å². The third-order valence-electron chi connectivity index (χ3n) is 2.94. The van der Waals surface area contributed by atoms with Crippen LogP contribution in [-0.2, 0) is 6.54 Å². The van der Waals surface area contributed by atoms with Gasteiger partial charge in [0, 0.05) is 24.7 Å². The fraction of sp³-hybridized carbons (Fsp3) is 0.533. The van der Waals surface area contributed by atoms with Crippen LogP contribution in [0.1, 0.15) is 12.5 Å². The predicted molar refractivity (Wildman–Crippen MR) is 103 cm³/mol. The number of nitrogens with zero attached hydrogens (tertiary/aromatic N) is 2. The maximum Gasteiger partial charge on any atom is 0.401 e. The number of alkyl halides is 3. The first-order chi connectivity index (χ1) is 10.8. The molecule has 24 heavy (non-hydrogen) atoms. The molecule has 0 unspecified atom stereocenters. The average Bonchev–Trinajstić information content (AvgIpc) is 2.44. The minimum Gasteiger partial charge on any atom is -0.357 e. The maximum absolute atomic E-state index is 12.2. The molecule has 0 spiro atoms. The van der Waals surface area contributed by atoms with Crippen molar-refractivity contribution in [2.45, 2.75) is 19.6 Å². The van der Waals surface area contributed by atoms with Crippen molar-refractivity contribution < 1.29 is 13.2 Å². The molecule has 0 aliphatic rings. The predicted octanol–water partition coefficient (Wildman–Crippen LogP) is 3.51. The highest BCUT2D eigenvalue weighted by molar-refractivity contribution is 14.0. The third kappa shape index (κ3) is 10.2. The summed E-state index contributed by atoms with van der Waals surface area (Å²) >= 11 is 6.07. The normalized spacial score (nSPS) is 12.0. The van der Waals surface area contributed by atoms with Gasteiger partial charge in [0.05, 0.1) is 13.1 Å². The number of hydrogen-bond donors (Lipinski definition) is 2. The molecule has 0 saturated heterocycles. The topological polar surface area (TPSA) is 39.7 Å². The lowest BCUT2D eigenvalue weighted by Crippen LogP contribution is -2.42. The van der Waals surface area contributed by atoms with Gasteiger partial charge in [0.25, 0.3) is 0 Å². The molecule has 0 bridgehead atoms. The second kappa shape index (κ2) is 11.8. The van der Waals surface area contributed by atoms with Crippen molar-refractivity contribution in [1.29, 1.82) is 0 Å². The Balaban J connectivity index is 0.00000529. The zero-order chi connectivity index (χ0) is 17.3. The van der Waals surface area contributed by atoms with Crippen LogP contribution in [0.25, 0.3) is 0 Å². The molecule has 1 aromatic carbocycles. The Hall–Kier alpha value is -0.740. The monoisotopic (exact) mass is 478 g/mol. The molecule has 0 aliphatic carbocycles. The molecule has 0 aromatic heterocycles. The number of hydrogen-bond acceptors (Lipinski definition) is 2. The molecule has 0 fully saturated rings. The molecule has 0 aliphatic heterocycles. The van der Waals surface area contributed by atoms with Gasteiger partial charge in [-0.2, -0.15) is 13.2 Å². The van der Waals surface area contributed by atoms with Crippen LogP contribution in [0, 0.1) is 0 Å². The first-order valence-electron chi connectivity index (χ1n) is 7.32. The van der Waals surface area contributed by atoms with Crippen LogP contribution in [0.15, 0.2) is 29.3 Å². The Morgan fingerprint density at radius 3 is 2.50 bits per heavy atom. The Morgan fingerprint density at radius 1 is 1.25 bits per heavy atom. The van der Waals surface area contributed by atoms with E-state index in [9.17, 15) is 13.2 Å². The minimum atomic E-state index is -4.18. The van der Waals surface area contributed by atoms with Gasteiger partial charge in [-0.25, -0.2) is 4.99 Å². The summed E-state index contributed by atoms with van der Waals surface area (Å²) in [5, 5.41) is 6.70. The Morgan fingerprint density at radius 2 is 1.92 bits per heavy atom. The second-order valence-corrected chi connectivity index (χ2v) is 5.47. The quantitative estimate of drug-likeness (QED) is 0.358. The van der Waals surface area contributed by atoms with Crippen molar-refractivity contribution in [3.05, 3.63) is 34.9 Å². The van der Waals surface area contributed by atoms with E-state index >= 15 is 0 Å². The van der Waals surface area contributed by atoms with E-state index in [0.717, 1.165) is 5.56 Å². The maximum atomic E-state index is 12.2. The van der Waals surface area contributed by atoms with Gasteiger partial charge < -0.3 is 10.6 Å². The SMILES string of the molecule is CCNC(=NCc1ccccc1Cl)NCCN(C)CC(F)(F)F.I. The van der Waals surface area contributed by atoms with Crippen LogP contribution in [0.2, 0.25) is 5.02 Å². The molecular weight excluding hydrogens is 456 g/mol. The number of rotatable bonds is 7. The van der Waals surface area contributed by atoms with E-state index in [4.69, 9.17) is 11.6 Å². The van der Waals surface area contributed by atoms with Gasteiger partial charge >= 0.3 is 6.18 Å². The van der Waals surface area contributed by atoms with Crippen LogP contribution >= 0.6 is 35.6 Å². The van der Waals surface area contributed by atoms with E-state index in [-0.39, 0.29) is 30.5 Å². The van der Waals surface area contributed by atoms with Gasteiger partial charge in [-0.1, -0.05) is 29.8 Å². The summed E-state index contributed by atoms with van der Waals surface area (Å²) in [6.45, 7) is 2.67. The number of halogens is 5. The number of nitrogens with one attached hydrogen (secondary N) is 2. The Labute approximate surface area is 162 Å². The van der Waals surface area contributed by atoms with E-state index in [1.807, 2.05) is 25.1 Å². The first kappa shape index (κ1) is 23.3. The van der Waals surface area contributed by atoms with Gasteiger partial charge in [-0.3, -0.25) is 4.90 Å². The minimum absolute atomic E-state index is 0. The average molecular weight is 479 g/mol. The number of guanidine groups is 1. The lowest BCUT2D eigenvalue weighted by atomic mass is 10.2. The van der Waals surface area contributed by atoms with Crippen molar-refractivity contribution in [2.75, 3.05) is 33.2 Å². The number of likely N-dealkylation sites (N-methyl/N-ethyl adjacent to an activating group) is 1. The molecule has 0 radical (unpaired) electrons. The van der Waals surface area contributed by atoms with Crippen molar-refractivity contribution in [3.8, 4) is 0 Å². The largest absolute Gasteiger partial charge is 0.401 e. The summed E-state index contributed by atoms with van der Waals surface area (Å²) in [5.41, 5.74) is 0.889. The van der Waals surface area contributed by atoms with Crippen molar-refractivity contribution >= 4 is 41.5 Å². The van der Waals surface area contributed by atoms with Crippen LogP contribution in [0.5, 0.6) is 0 Å². The fourth-order valence-electron chi connectivity index (χ4n) is 1.88. The van der Waals surface area contributed by atoms with Crippen LogP contribution in [0.3, 0.4) is 0 Å². The van der Waals surface area contributed by atoms with Crippen LogP contribution < -0.4 is 10.6 Å². The summed E-state index contributed by atoms with van der Waals surface area (Å²) < 4.78 is 36.7. The Bertz CT molecular complexity index is 512. The van der Waals surface area contributed by atoms with Gasteiger partial charge in [-0.15, -0.1) is 24.0 Å². The van der Waals surface area contributed by atoms with E-state index < -0.39 is 12.7 Å². The standard InChI is InChI=1S/C15H22ClF3N4.HI/c1-3-20-14(21-8-9-23(2)11-15(17,18)19)22-10-12-6-4-5-7-13(12)16;/h4-7H,3,8-11H2,1-2H3,(H2,20,21,22);1H. The molecular formula is C15H23ClF3IN4. The highest BCUT2D eigenvalue weighted by Crippen LogP contribution is 2.16. The van der Waals surface area contributed by atoms with E-state index in [1.54, 1.807) is 6.07 Å². The van der Waals surface area contributed by atoms with Gasteiger partial charge in [-0.05, 0) is 25.6 Å². The van der Waals surface area contributed by atoms with Crippen molar-refractivity contribution in [3.63, 3.8) is 0 Å². The van der Waals surface area contributed by atoms with Crippen molar-refractivity contribution in [1.82, 2.24) is 15.5 Å². The smallest absolute Gasteiger partial charge is 0.357 e. The highest BCUT2D eigenvalue weighted by atomic mass is 127. The number of aliphatic imine (C=N–C) groups is 1. The van der Waals surface area contributed by atoms with E-state index in [2.05, 4.69) is 15.6 Å². The molecule has 0 heterocycles. The van der Waals surface area contributed by atoms with Crippen LogP contribution in [-0.4, -0.2) is 50.3 Å². The fourth-order valence-corrected chi connectivity index (χ4v) is 2.08. The molecule has 1 rings (SSSR count). The third-order valence-corrected chi connectivity index (χ3v) is 3.31. The lowest BCUT2D eigenvalue weighted by Gasteiger charge is -2.19. The number of benzene rings is 1. The zero-order valence-corrected chi connectivity index (χ0v) is 16.7. The Kier molecular flexibility index (Phi) is 11.4. The summed E-state index contributed by atoms with van der Waals surface area (Å²) in [7, 11) is 1.43. The summed E-state index contributed by atoms with van der Waals surface area (Å²) in [4.78, 5) is 5.60. The van der Waals surface area contributed by atoms with Crippen LogP contribution in [0.4, 0.5) is 13.2 Å². The molecule has 0 saturated carbocycles. The summed E-state index contributed by atoms with van der Waals surface area (Å²) in [5.74, 6) is 0.549. The van der Waals surface area contributed by atoms with E-state index in [1.165, 1.54) is 11.9 Å². The molecule has 0 amide bonds. The van der Waals surface area contributed by atoms with Gasteiger partial charge in [0.1, 0.15) is 0 Å². The lowest BCUT2D eigenvalue weighted by molar-refractivity contribution is -0.142. The summed E-state index contributed by atoms with van der Waals surface area (Å²) in [6.07, 6.45) is -4.18. The van der Waals surface area contributed by atoms with E-state index in [0.29, 0.717) is 30.6 Å². The molecule has 1 aromatic rings. The van der Waals surface area contributed by atoms with Crippen molar-refractivity contribution in [2.24, 2.45) is 4.99 Å². The first-order valence-corrected chi connectivity index (χ1v) is 7.70. The molecule has 138 valence electrons. The molecule has 2 N–H and O–H groups in total. The molecule has 9 heteroatoms. The zero-order valence-electron chi connectivity index (χ0n) is 13.7. The highest BCUT2D eigenvalue weighted by Gasteiger charge is 2.28. The molecule has 0 atom stereocenters.